The Kier molecular flexibility index (Phi) is 4.16. The van der Waals surface area contributed by atoms with Crippen molar-refractivity contribution in [1.29, 1.82) is 0 Å². The maximum Gasteiger partial charge on any atom is 0.287 e. The van der Waals surface area contributed by atoms with E-state index in [4.69, 9.17) is 11.6 Å². The summed E-state index contributed by atoms with van der Waals surface area (Å²) in [6.07, 6.45) is 4.16. The lowest BCUT2D eigenvalue weighted by Gasteiger charge is -2.04. The zero-order valence-electron chi connectivity index (χ0n) is 12.5. The van der Waals surface area contributed by atoms with Crippen LogP contribution in [0.2, 0.25) is 5.02 Å². The van der Waals surface area contributed by atoms with Crippen LogP contribution < -0.4 is 5.32 Å². The second-order valence-corrected chi connectivity index (χ2v) is 5.70. The summed E-state index contributed by atoms with van der Waals surface area (Å²) in [7, 11) is 1.99. The van der Waals surface area contributed by atoms with Gasteiger partial charge in [0.05, 0.1) is 4.92 Å². The largest absolute Gasteiger partial charge is 0.370 e. The van der Waals surface area contributed by atoms with Crippen LogP contribution in [0.3, 0.4) is 0 Å². The van der Waals surface area contributed by atoms with E-state index in [0.717, 1.165) is 17.0 Å². The molecule has 0 radical (unpaired) electrons. The molecule has 0 bridgehead atoms. The van der Waals surface area contributed by atoms with Gasteiger partial charge in [0.15, 0.2) is 0 Å². The molecule has 3 rings (SSSR count). The number of halogens is 1. The number of nitro groups is 1. The molecule has 0 atom stereocenters. The molecule has 0 amide bonds. The van der Waals surface area contributed by atoms with E-state index in [1.807, 2.05) is 25.2 Å². The van der Waals surface area contributed by atoms with E-state index in [-0.39, 0.29) is 5.69 Å². The van der Waals surface area contributed by atoms with Crippen molar-refractivity contribution in [3.8, 4) is 0 Å². The Hall–Kier alpha value is -2.60. The average molecular weight is 331 g/mol. The maximum absolute atomic E-state index is 10.6. The van der Waals surface area contributed by atoms with Gasteiger partial charge < -0.3 is 9.88 Å². The van der Waals surface area contributed by atoms with Crippen LogP contribution in [0.5, 0.6) is 0 Å². The van der Waals surface area contributed by atoms with Crippen LogP contribution in [-0.4, -0.2) is 21.0 Å². The Morgan fingerprint density at radius 1 is 1.35 bits per heavy atom. The molecule has 0 fully saturated rings. The SMILES string of the molecule is Cn1cc(CCNc2ccc([N+](=O)[O-])cn2)c2ccc(Cl)cc21. The van der Waals surface area contributed by atoms with Crippen molar-refractivity contribution >= 4 is 34.0 Å². The van der Waals surface area contributed by atoms with E-state index in [1.54, 1.807) is 6.07 Å². The van der Waals surface area contributed by atoms with Crippen molar-refractivity contribution in [1.82, 2.24) is 9.55 Å². The van der Waals surface area contributed by atoms with E-state index in [0.29, 0.717) is 12.4 Å². The Labute approximate surface area is 137 Å². The number of anilines is 1. The molecule has 0 saturated carbocycles. The summed E-state index contributed by atoms with van der Waals surface area (Å²) in [6.45, 7) is 0.687. The summed E-state index contributed by atoms with van der Waals surface area (Å²) in [6, 6.07) is 8.91. The molecule has 23 heavy (non-hydrogen) atoms. The second kappa shape index (κ2) is 6.26. The summed E-state index contributed by atoms with van der Waals surface area (Å²) in [5.74, 6) is 0.624. The first-order chi connectivity index (χ1) is 11.0. The molecule has 0 aliphatic heterocycles. The smallest absolute Gasteiger partial charge is 0.287 e. The number of pyridine rings is 1. The molecular weight excluding hydrogens is 316 g/mol. The number of nitrogens with one attached hydrogen (secondary N) is 1. The standard InChI is InChI=1S/C16H15ClN4O2/c1-20-10-11(14-4-2-12(17)8-15(14)20)6-7-18-16-5-3-13(9-19-16)21(22)23/h2-5,8-10H,6-7H2,1H3,(H,18,19). The normalized spacial score (nSPS) is 10.9. The first-order valence-corrected chi connectivity index (χ1v) is 7.50. The quantitative estimate of drug-likeness (QED) is 0.570. The Balaban J connectivity index is 1.68. The van der Waals surface area contributed by atoms with E-state index in [1.165, 1.54) is 23.2 Å². The van der Waals surface area contributed by atoms with E-state index < -0.39 is 4.92 Å². The van der Waals surface area contributed by atoms with E-state index >= 15 is 0 Å². The predicted molar refractivity (Wildman–Crippen MR) is 91.0 cm³/mol. The number of fused-ring (bicyclic) bond motifs is 1. The van der Waals surface area contributed by atoms with Gasteiger partial charge in [0.1, 0.15) is 12.0 Å². The molecule has 0 aliphatic carbocycles. The lowest BCUT2D eigenvalue weighted by Crippen LogP contribution is -2.06. The zero-order chi connectivity index (χ0) is 16.4. The van der Waals surface area contributed by atoms with Crippen LogP contribution in [0.4, 0.5) is 11.5 Å². The molecule has 1 N–H and O–H groups in total. The molecule has 0 saturated heterocycles. The number of benzene rings is 1. The molecule has 7 heteroatoms. The van der Waals surface area contributed by atoms with Gasteiger partial charge in [-0.25, -0.2) is 4.98 Å². The van der Waals surface area contributed by atoms with Crippen LogP contribution in [0.15, 0.2) is 42.7 Å². The minimum absolute atomic E-state index is 0.0125. The molecular formula is C16H15ClN4O2. The number of nitrogens with zero attached hydrogens (tertiary/aromatic N) is 3. The van der Waals surface area contributed by atoms with Crippen molar-refractivity contribution in [3.05, 3.63) is 63.4 Å². The summed E-state index contributed by atoms with van der Waals surface area (Å²) >= 11 is 6.04. The molecule has 3 aromatic rings. The van der Waals surface area contributed by atoms with Gasteiger partial charge in [-0.1, -0.05) is 17.7 Å². The van der Waals surface area contributed by atoms with Crippen molar-refractivity contribution in [2.75, 3.05) is 11.9 Å². The van der Waals surface area contributed by atoms with E-state index in [9.17, 15) is 10.1 Å². The average Bonchev–Trinajstić information content (AvgIpc) is 2.84. The molecule has 0 unspecified atom stereocenters. The van der Waals surface area contributed by atoms with Gasteiger partial charge in [0.2, 0.25) is 0 Å². The van der Waals surface area contributed by atoms with Gasteiger partial charge in [0.25, 0.3) is 5.69 Å². The van der Waals surface area contributed by atoms with Gasteiger partial charge in [-0.05, 0) is 30.2 Å². The van der Waals surface area contributed by atoms with Crippen molar-refractivity contribution < 1.29 is 4.92 Å². The van der Waals surface area contributed by atoms with Crippen molar-refractivity contribution in [3.63, 3.8) is 0 Å². The Bertz CT molecular complexity index is 858. The minimum atomic E-state index is -0.460. The Morgan fingerprint density at radius 2 is 2.17 bits per heavy atom. The number of aryl methyl sites for hydroxylation is 1. The number of hydrogen-bond acceptors (Lipinski definition) is 4. The van der Waals surface area contributed by atoms with Gasteiger partial charge in [-0.3, -0.25) is 10.1 Å². The van der Waals surface area contributed by atoms with Crippen LogP contribution in [0.1, 0.15) is 5.56 Å². The third-order valence-electron chi connectivity index (χ3n) is 3.69. The van der Waals surface area contributed by atoms with E-state index in [2.05, 4.69) is 21.1 Å². The highest BCUT2D eigenvalue weighted by Gasteiger charge is 2.08. The monoisotopic (exact) mass is 330 g/mol. The molecule has 2 heterocycles. The predicted octanol–water partition coefficient (Wildman–Crippen LogP) is 3.79. The second-order valence-electron chi connectivity index (χ2n) is 5.26. The van der Waals surface area contributed by atoms with Crippen LogP contribution in [-0.2, 0) is 13.5 Å². The molecule has 118 valence electrons. The van der Waals surface area contributed by atoms with Crippen LogP contribution >= 0.6 is 11.6 Å². The topological polar surface area (TPSA) is 73.0 Å². The zero-order valence-corrected chi connectivity index (χ0v) is 13.2. The number of hydrogen-bond donors (Lipinski definition) is 1. The first kappa shape index (κ1) is 15.3. The van der Waals surface area contributed by atoms with Crippen molar-refractivity contribution in [2.24, 2.45) is 7.05 Å². The molecule has 1 aromatic carbocycles. The highest BCUT2D eigenvalue weighted by atomic mass is 35.5. The van der Waals surface area contributed by atoms with Gasteiger partial charge in [0, 0.05) is 41.8 Å². The summed E-state index contributed by atoms with van der Waals surface area (Å²) in [4.78, 5) is 14.2. The third-order valence-corrected chi connectivity index (χ3v) is 3.93. The van der Waals surface area contributed by atoms with Crippen LogP contribution in [0, 0.1) is 10.1 Å². The first-order valence-electron chi connectivity index (χ1n) is 7.12. The van der Waals surface area contributed by atoms with Crippen LogP contribution in [0.25, 0.3) is 10.9 Å². The van der Waals surface area contributed by atoms with Gasteiger partial charge in [-0.2, -0.15) is 0 Å². The molecule has 6 nitrogen and oxygen atoms in total. The fraction of sp³-hybridized carbons (Fsp3) is 0.188. The summed E-state index contributed by atoms with van der Waals surface area (Å²) in [5.41, 5.74) is 2.30. The highest BCUT2D eigenvalue weighted by Crippen LogP contribution is 2.24. The number of aromatic nitrogens is 2. The fourth-order valence-corrected chi connectivity index (χ4v) is 2.73. The van der Waals surface area contributed by atoms with Crippen molar-refractivity contribution in [2.45, 2.75) is 6.42 Å². The van der Waals surface area contributed by atoms with Gasteiger partial charge >= 0.3 is 0 Å². The highest BCUT2D eigenvalue weighted by molar-refractivity contribution is 6.31. The minimum Gasteiger partial charge on any atom is -0.370 e. The molecule has 0 aliphatic rings. The fourth-order valence-electron chi connectivity index (χ4n) is 2.56. The lowest BCUT2D eigenvalue weighted by molar-refractivity contribution is -0.385. The number of rotatable bonds is 5. The summed E-state index contributed by atoms with van der Waals surface area (Å²) < 4.78 is 2.06. The molecule has 2 aromatic heterocycles. The third kappa shape index (κ3) is 3.27. The summed E-state index contributed by atoms with van der Waals surface area (Å²) in [5, 5.41) is 15.7. The maximum atomic E-state index is 10.6. The molecule has 0 spiro atoms. The van der Waals surface area contributed by atoms with Gasteiger partial charge in [-0.15, -0.1) is 0 Å². The lowest BCUT2D eigenvalue weighted by atomic mass is 10.1. The Morgan fingerprint density at radius 3 is 2.87 bits per heavy atom.